The minimum atomic E-state index is 0.0629. The van der Waals surface area contributed by atoms with E-state index in [2.05, 4.69) is 29.1 Å². The number of ether oxygens (including phenoxy) is 3. The molecule has 0 aromatic heterocycles. The van der Waals surface area contributed by atoms with Crippen molar-refractivity contribution in [2.24, 2.45) is 0 Å². The predicted molar refractivity (Wildman–Crippen MR) is 104 cm³/mol. The van der Waals surface area contributed by atoms with Gasteiger partial charge in [-0.1, -0.05) is 0 Å². The molecule has 2 aliphatic rings. The minimum absolute atomic E-state index is 0.0629. The Hall–Kier alpha value is -1.99. The second-order valence-electron chi connectivity index (χ2n) is 7.31. The van der Waals surface area contributed by atoms with Gasteiger partial charge in [0.15, 0.2) is 11.5 Å². The maximum atomic E-state index is 12.3. The molecule has 7 nitrogen and oxygen atoms in total. The van der Waals surface area contributed by atoms with Crippen LogP contribution in [0.2, 0.25) is 0 Å². The zero-order valence-corrected chi connectivity index (χ0v) is 16.6. The summed E-state index contributed by atoms with van der Waals surface area (Å²) < 4.78 is 16.6. The number of hydrogen-bond acceptors (Lipinski definition) is 6. The molecule has 150 valence electrons. The molecular formula is C20H31N3O4. The lowest BCUT2D eigenvalue weighted by Gasteiger charge is -2.36. The molecule has 3 rings (SSSR count). The molecule has 1 amide bonds. The number of carbonyl (C=O) groups is 1. The van der Waals surface area contributed by atoms with E-state index in [0.29, 0.717) is 49.5 Å². The molecule has 1 atom stereocenters. The summed E-state index contributed by atoms with van der Waals surface area (Å²) in [6, 6.07) is 4.14. The van der Waals surface area contributed by atoms with E-state index in [1.807, 2.05) is 12.1 Å². The fourth-order valence-electron chi connectivity index (χ4n) is 3.51. The fourth-order valence-corrected chi connectivity index (χ4v) is 3.51. The van der Waals surface area contributed by atoms with Gasteiger partial charge in [0.1, 0.15) is 19.0 Å². The van der Waals surface area contributed by atoms with Crippen LogP contribution in [0, 0.1) is 0 Å². The topological polar surface area (TPSA) is 63.3 Å². The highest BCUT2D eigenvalue weighted by Crippen LogP contribution is 2.36. The molecule has 1 saturated heterocycles. The molecule has 7 heteroatoms. The quantitative estimate of drug-likeness (QED) is 0.777. The first kappa shape index (κ1) is 19.8. The smallest absolute Gasteiger partial charge is 0.220 e. The molecule has 0 saturated carbocycles. The van der Waals surface area contributed by atoms with Crippen LogP contribution in [-0.2, 0) is 11.3 Å². The van der Waals surface area contributed by atoms with Gasteiger partial charge in [-0.2, -0.15) is 0 Å². The van der Waals surface area contributed by atoms with Crippen LogP contribution in [0.25, 0.3) is 0 Å². The molecule has 0 aliphatic carbocycles. The predicted octanol–water partition coefficient (Wildman–Crippen LogP) is 1.50. The summed E-state index contributed by atoms with van der Waals surface area (Å²) in [6.45, 7) is 8.05. The molecule has 0 unspecified atom stereocenters. The average molecular weight is 377 g/mol. The normalized spacial score (nSPS) is 18.8. The van der Waals surface area contributed by atoms with Gasteiger partial charge in [0.05, 0.1) is 7.11 Å². The van der Waals surface area contributed by atoms with Crippen LogP contribution in [-0.4, -0.2) is 75.3 Å². The van der Waals surface area contributed by atoms with Crippen LogP contribution >= 0.6 is 0 Å². The van der Waals surface area contributed by atoms with Crippen molar-refractivity contribution in [3.63, 3.8) is 0 Å². The summed E-state index contributed by atoms with van der Waals surface area (Å²) >= 11 is 0. The fraction of sp³-hybridized carbons (Fsp3) is 0.650. The van der Waals surface area contributed by atoms with Crippen molar-refractivity contribution in [1.82, 2.24) is 15.1 Å². The number of carbonyl (C=O) groups excluding carboxylic acids is 1. The SMILES string of the molecule is COc1cc2c(cc1CNC(=O)CC[C@H](C)N1CCN(C)CC1)OCCO2. The van der Waals surface area contributed by atoms with Crippen molar-refractivity contribution >= 4 is 5.91 Å². The lowest BCUT2D eigenvalue weighted by Crippen LogP contribution is -2.48. The van der Waals surface area contributed by atoms with Crippen molar-refractivity contribution in [3.8, 4) is 17.2 Å². The lowest BCUT2D eigenvalue weighted by atomic mass is 10.1. The summed E-state index contributed by atoms with van der Waals surface area (Å²) in [6.07, 6.45) is 1.40. The Kier molecular flexibility index (Phi) is 6.79. The molecule has 0 radical (unpaired) electrons. The van der Waals surface area contributed by atoms with Gasteiger partial charge in [0, 0.05) is 56.8 Å². The summed E-state index contributed by atoms with van der Waals surface area (Å²) in [5.74, 6) is 2.16. The number of fused-ring (bicyclic) bond motifs is 1. The van der Waals surface area contributed by atoms with Gasteiger partial charge < -0.3 is 24.4 Å². The van der Waals surface area contributed by atoms with Crippen LogP contribution < -0.4 is 19.5 Å². The first-order chi connectivity index (χ1) is 13.1. The average Bonchev–Trinajstić information content (AvgIpc) is 2.70. The second-order valence-corrected chi connectivity index (χ2v) is 7.31. The van der Waals surface area contributed by atoms with E-state index in [9.17, 15) is 4.79 Å². The molecule has 1 N–H and O–H groups in total. The molecule has 2 aliphatic heterocycles. The number of rotatable bonds is 7. The summed E-state index contributed by atoms with van der Waals surface area (Å²) in [5.41, 5.74) is 0.891. The van der Waals surface area contributed by atoms with E-state index in [1.54, 1.807) is 7.11 Å². The summed E-state index contributed by atoms with van der Waals surface area (Å²) in [4.78, 5) is 17.1. The van der Waals surface area contributed by atoms with Crippen molar-refractivity contribution in [3.05, 3.63) is 17.7 Å². The Bertz CT molecular complexity index is 644. The van der Waals surface area contributed by atoms with Crippen LogP contribution in [0.3, 0.4) is 0 Å². The third-order valence-electron chi connectivity index (χ3n) is 5.37. The van der Waals surface area contributed by atoms with Gasteiger partial charge in [-0.25, -0.2) is 0 Å². The van der Waals surface area contributed by atoms with Gasteiger partial charge in [0.2, 0.25) is 5.91 Å². The number of piperazine rings is 1. The third-order valence-corrected chi connectivity index (χ3v) is 5.37. The number of nitrogens with one attached hydrogen (secondary N) is 1. The first-order valence-corrected chi connectivity index (χ1v) is 9.72. The first-order valence-electron chi connectivity index (χ1n) is 9.72. The van der Waals surface area contributed by atoms with Gasteiger partial charge in [0.25, 0.3) is 0 Å². The maximum Gasteiger partial charge on any atom is 0.220 e. The number of likely N-dealkylation sites (N-methyl/N-ethyl adjacent to an activating group) is 1. The minimum Gasteiger partial charge on any atom is -0.496 e. The summed E-state index contributed by atoms with van der Waals surface area (Å²) in [5, 5.41) is 3.00. The highest BCUT2D eigenvalue weighted by Gasteiger charge is 2.20. The zero-order valence-electron chi connectivity index (χ0n) is 16.6. The van der Waals surface area contributed by atoms with Crippen LogP contribution in [0.4, 0.5) is 0 Å². The van der Waals surface area contributed by atoms with Gasteiger partial charge in [-0.15, -0.1) is 0 Å². The molecule has 2 heterocycles. The van der Waals surface area contributed by atoms with Gasteiger partial charge in [-0.3, -0.25) is 9.69 Å². The van der Waals surface area contributed by atoms with E-state index < -0.39 is 0 Å². The lowest BCUT2D eigenvalue weighted by molar-refractivity contribution is -0.121. The second kappa shape index (κ2) is 9.28. The molecule has 1 fully saturated rings. The number of hydrogen-bond donors (Lipinski definition) is 1. The molecule has 1 aromatic rings. The Labute approximate surface area is 161 Å². The van der Waals surface area contributed by atoms with Crippen molar-refractivity contribution in [2.75, 3.05) is 53.6 Å². The molecule has 0 spiro atoms. The molecular weight excluding hydrogens is 346 g/mol. The van der Waals surface area contributed by atoms with Crippen LogP contribution in [0.5, 0.6) is 17.2 Å². The van der Waals surface area contributed by atoms with Gasteiger partial charge >= 0.3 is 0 Å². The molecule has 27 heavy (non-hydrogen) atoms. The number of nitrogens with zero attached hydrogens (tertiary/aromatic N) is 2. The van der Waals surface area contributed by atoms with E-state index in [1.165, 1.54) is 0 Å². The number of methoxy groups -OCH3 is 1. The number of benzene rings is 1. The Balaban J connectivity index is 1.47. The molecule has 0 bridgehead atoms. The van der Waals surface area contributed by atoms with E-state index >= 15 is 0 Å². The zero-order chi connectivity index (χ0) is 19.2. The Morgan fingerprint density at radius 2 is 1.85 bits per heavy atom. The van der Waals surface area contributed by atoms with Gasteiger partial charge in [-0.05, 0) is 26.5 Å². The van der Waals surface area contributed by atoms with Crippen molar-refractivity contribution in [1.29, 1.82) is 0 Å². The maximum absolute atomic E-state index is 12.3. The number of amides is 1. The standard InChI is InChI=1S/C20H31N3O4/c1-15(23-8-6-22(2)7-9-23)4-5-20(24)21-14-16-12-18-19(13-17(16)25-3)27-11-10-26-18/h12-13,15H,4-11,14H2,1-3H3,(H,21,24)/t15-/m0/s1. The largest absolute Gasteiger partial charge is 0.496 e. The van der Waals surface area contributed by atoms with E-state index in [0.717, 1.165) is 38.2 Å². The van der Waals surface area contributed by atoms with Crippen LogP contribution in [0.1, 0.15) is 25.3 Å². The summed E-state index contributed by atoms with van der Waals surface area (Å²) in [7, 11) is 3.77. The monoisotopic (exact) mass is 377 g/mol. The van der Waals surface area contributed by atoms with E-state index in [4.69, 9.17) is 14.2 Å². The highest BCUT2D eigenvalue weighted by atomic mass is 16.6. The Morgan fingerprint density at radius 3 is 2.52 bits per heavy atom. The molecule has 1 aromatic carbocycles. The Morgan fingerprint density at radius 1 is 1.19 bits per heavy atom. The van der Waals surface area contributed by atoms with Crippen LogP contribution in [0.15, 0.2) is 12.1 Å². The van der Waals surface area contributed by atoms with Crippen molar-refractivity contribution < 1.29 is 19.0 Å². The third kappa shape index (κ3) is 5.26. The highest BCUT2D eigenvalue weighted by molar-refractivity contribution is 5.76. The van der Waals surface area contributed by atoms with Crippen molar-refractivity contribution in [2.45, 2.75) is 32.4 Å². The van der Waals surface area contributed by atoms with E-state index in [-0.39, 0.29) is 5.91 Å².